The van der Waals surface area contributed by atoms with Crippen molar-refractivity contribution in [1.82, 2.24) is 4.90 Å². The summed E-state index contributed by atoms with van der Waals surface area (Å²) >= 11 is 0. The number of hydrogen-bond acceptors (Lipinski definition) is 3. The van der Waals surface area contributed by atoms with Crippen molar-refractivity contribution < 1.29 is 14.7 Å². The fourth-order valence-electron chi connectivity index (χ4n) is 1.84. The minimum atomic E-state index is -1.07. The van der Waals surface area contributed by atoms with Crippen LogP contribution < -0.4 is 0 Å². The van der Waals surface area contributed by atoms with Gasteiger partial charge in [0.15, 0.2) is 5.78 Å². The zero-order valence-electron chi connectivity index (χ0n) is 12.7. The third kappa shape index (κ3) is 4.77. The molecular weight excluding hydrogens is 230 g/mol. The van der Waals surface area contributed by atoms with E-state index in [2.05, 4.69) is 0 Å². The lowest BCUT2D eigenvalue weighted by molar-refractivity contribution is -0.147. The van der Waals surface area contributed by atoms with Crippen LogP contribution in [0.2, 0.25) is 0 Å². The van der Waals surface area contributed by atoms with Gasteiger partial charge >= 0.3 is 0 Å². The van der Waals surface area contributed by atoms with Gasteiger partial charge < -0.3 is 10.0 Å². The van der Waals surface area contributed by atoms with Crippen molar-refractivity contribution in [2.75, 3.05) is 7.05 Å². The van der Waals surface area contributed by atoms with E-state index in [0.717, 1.165) is 0 Å². The van der Waals surface area contributed by atoms with Crippen LogP contribution in [0.15, 0.2) is 0 Å². The van der Waals surface area contributed by atoms with Crippen LogP contribution in [-0.4, -0.2) is 40.9 Å². The highest BCUT2D eigenvalue weighted by Crippen LogP contribution is 2.23. The van der Waals surface area contributed by atoms with E-state index in [9.17, 15) is 14.7 Å². The predicted octanol–water partition coefficient (Wildman–Crippen LogP) is 1.86. The molecule has 0 saturated carbocycles. The molecule has 2 atom stereocenters. The van der Waals surface area contributed by atoms with Crippen molar-refractivity contribution >= 4 is 11.7 Å². The predicted molar refractivity (Wildman–Crippen MR) is 72.2 cm³/mol. The third-order valence-electron chi connectivity index (χ3n) is 2.91. The van der Waals surface area contributed by atoms with E-state index in [1.54, 1.807) is 7.05 Å². The maximum Gasteiger partial charge on any atom is 0.251 e. The van der Waals surface area contributed by atoms with Crippen molar-refractivity contribution in [3.8, 4) is 0 Å². The summed E-state index contributed by atoms with van der Waals surface area (Å²) in [6.45, 7) is 11.0. The van der Waals surface area contributed by atoms with Gasteiger partial charge in [-0.2, -0.15) is 0 Å². The topological polar surface area (TPSA) is 57.6 Å². The van der Waals surface area contributed by atoms with Crippen LogP contribution in [0, 0.1) is 11.3 Å². The highest BCUT2D eigenvalue weighted by Gasteiger charge is 2.35. The molecular formula is C14H27NO3. The van der Waals surface area contributed by atoms with Crippen LogP contribution in [0.1, 0.15) is 48.0 Å². The summed E-state index contributed by atoms with van der Waals surface area (Å²) in [5.41, 5.74) is -0.493. The second-order valence-electron chi connectivity index (χ2n) is 6.38. The average molecular weight is 257 g/mol. The van der Waals surface area contributed by atoms with Gasteiger partial charge in [-0.05, 0) is 19.3 Å². The lowest BCUT2D eigenvalue weighted by Crippen LogP contribution is -2.49. The zero-order chi connectivity index (χ0) is 14.7. The van der Waals surface area contributed by atoms with E-state index in [1.807, 2.05) is 34.6 Å². The number of hydrogen-bond donors (Lipinski definition) is 1. The summed E-state index contributed by atoms with van der Waals surface area (Å²) in [6.07, 6.45) is -0.456. The first-order valence-electron chi connectivity index (χ1n) is 6.47. The molecule has 0 aliphatic heterocycles. The first kappa shape index (κ1) is 17.1. The molecule has 18 heavy (non-hydrogen) atoms. The van der Waals surface area contributed by atoms with E-state index >= 15 is 0 Å². The molecule has 1 N–H and O–H groups in total. The molecule has 0 rings (SSSR count). The summed E-state index contributed by atoms with van der Waals surface area (Å²) in [4.78, 5) is 25.6. The number of amides is 1. The number of Topliss-reactive ketones (excluding diaryl/α,β-unsaturated/α-hetero) is 1. The molecule has 0 aromatic carbocycles. The Morgan fingerprint density at radius 2 is 1.61 bits per heavy atom. The molecule has 0 aromatic heterocycles. The summed E-state index contributed by atoms with van der Waals surface area (Å²) in [5, 5.41) is 9.36. The molecule has 0 heterocycles. The second-order valence-corrected chi connectivity index (χ2v) is 6.38. The number of carbonyl (C=O) groups is 2. The van der Waals surface area contributed by atoms with Crippen molar-refractivity contribution in [2.24, 2.45) is 11.3 Å². The van der Waals surface area contributed by atoms with Gasteiger partial charge in [0.25, 0.3) is 5.91 Å². The highest BCUT2D eigenvalue weighted by molar-refractivity contribution is 5.93. The number of likely N-dealkylation sites (N-methyl/N-ethyl adjacent to an activating group) is 1. The number of aliphatic hydroxyl groups is 1. The van der Waals surface area contributed by atoms with Gasteiger partial charge in [-0.25, -0.2) is 0 Å². The quantitative estimate of drug-likeness (QED) is 0.818. The molecule has 0 aliphatic carbocycles. The molecule has 106 valence electrons. The van der Waals surface area contributed by atoms with Crippen LogP contribution >= 0.6 is 0 Å². The molecule has 1 amide bonds. The Morgan fingerprint density at radius 3 is 1.89 bits per heavy atom. The molecule has 0 aromatic rings. The zero-order valence-corrected chi connectivity index (χ0v) is 12.7. The van der Waals surface area contributed by atoms with Gasteiger partial charge in [0, 0.05) is 12.5 Å². The lowest BCUT2D eigenvalue weighted by atomic mass is 9.83. The van der Waals surface area contributed by atoms with Crippen LogP contribution in [0.4, 0.5) is 0 Å². The smallest absolute Gasteiger partial charge is 0.251 e. The number of ketones is 1. The van der Waals surface area contributed by atoms with Crippen molar-refractivity contribution in [3.05, 3.63) is 0 Å². The minimum absolute atomic E-state index is 0.0349. The van der Waals surface area contributed by atoms with Crippen molar-refractivity contribution in [2.45, 2.75) is 60.1 Å². The number of nitrogens with zero attached hydrogens (tertiary/aromatic N) is 1. The van der Waals surface area contributed by atoms with Crippen LogP contribution in [0.3, 0.4) is 0 Å². The monoisotopic (exact) mass is 257 g/mol. The SMILES string of the molecule is CC(C)C[C@H](C(=O)C(C)(C)C)N(C)C(=O)[C@H](C)O. The van der Waals surface area contributed by atoms with E-state index in [4.69, 9.17) is 0 Å². The average Bonchev–Trinajstić information content (AvgIpc) is 2.21. The molecule has 0 spiro atoms. The molecule has 4 nitrogen and oxygen atoms in total. The van der Waals surface area contributed by atoms with Gasteiger partial charge in [-0.15, -0.1) is 0 Å². The molecule has 0 bridgehead atoms. The van der Waals surface area contributed by atoms with Gasteiger partial charge in [-0.1, -0.05) is 34.6 Å². The number of carbonyl (C=O) groups excluding carboxylic acids is 2. The summed E-state index contributed by atoms with van der Waals surface area (Å²) in [6, 6.07) is -0.466. The molecule has 4 heteroatoms. The highest BCUT2D eigenvalue weighted by atomic mass is 16.3. The fraction of sp³-hybridized carbons (Fsp3) is 0.857. The van der Waals surface area contributed by atoms with Crippen molar-refractivity contribution in [1.29, 1.82) is 0 Å². The second kappa shape index (κ2) is 6.32. The molecule has 0 fully saturated rings. The first-order chi connectivity index (χ1) is 7.98. The van der Waals surface area contributed by atoms with Gasteiger partial charge in [0.05, 0.1) is 6.04 Å². The van der Waals surface area contributed by atoms with E-state index in [-0.39, 0.29) is 5.78 Å². The summed E-state index contributed by atoms with van der Waals surface area (Å²) in [7, 11) is 1.59. The van der Waals surface area contributed by atoms with Gasteiger partial charge in [-0.3, -0.25) is 9.59 Å². The molecule has 0 aliphatic rings. The normalized spacial score (nSPS) is 15.4. The van der Waals surface area contributed by atoms with Crippen LogP contribution in [0.5, 0.6) is 0 Å². The van der Waals surface area contributed by atoms with Gasteiger partial charge in [0.1, 0.15) is 6.10 Å². The van der Waals surface area contributed by atoms with E-state index in [0.29, 0.717) is 12.3 Å². The van der Waals surface area contributed by atoms with Crippen LogP contribution in [0.25, 0.3) is 0 Å². The first-order valence-corrected chi connectivity index (χ1v) is 6.47. The summed E-state index contributed by atoms with van der Waals surface area (Å²) in [5.74, 6) is -0.0588. The number of aliphatic hydroxyl groups excluding tert-OH is 1. The number of rotatable bonds is 5. The van der Waals surface area contributed by atoms with Gasteiger partial charge in [0.2, 0.25) is 0 Å². The Balaban J connectivity index is 5.12. The molecule has 0 saturated heterocycles. The fourth-order valence-corrected chi connectivity index (χ4v) is 1.84. The Hall–Kier alpha value is -0.900. The third-order valence-corrected chi connectivity index (χ3v) is 2.91. The van der Waals surface area contributed by atoms with E-state index in [1.165, 1.54) is 11.8 Å². The lowest BCUT2D eigenvalue weighted by Gasteiger charge is -2.33. The Kier molecular flexibility index (Phi) is 6.00. The summed E-state index contributed by atoms with van der Waals surface area (Å²) < 4.78 is 0. The Bertz CT molecular complexity index is 303. The molecule has 0 radical (unpaired) electrons. The minimum Gasteiger partial charge on any atom is -0.384 e. The largest absolute Gasteiger partial charge is 0.384 e. The standard InChI is InChI=1S/C14H27NO3/c1-9(2)8-11(12(17)14(4,5)6)15(7)13(18)10(3)16/h9-11,16H,8H2,1-7H3/t10-,11+/m0/s1. The molecule has 0 unspecified atom stereocenters. The van der Waals surface area contributed by atoms with Crippen molar-refractivity contribution in [3.63, 3.8) is 0 Å². The maximum atomic E-state index is 12.4. The van der Waals surface area contributed by atoms with E-state index < -0.39 is 23.5 Å². The van der Waals surface area contributed by atoms with Crippen LogP contribution in [-0.2, 0) is 9.59 Å². The Labute approximate surface area is 110 Å². The maximum absolute atomic E-state index is 12.4. The Morgan fingerprint density at radius 1 is 1.17 bits per heavy atom.